The second-order valence-electron chi connectivity index (χ2n) is 5.20. The number of hydrogen-bond acceptors (Lipinski definition) is 2. The molecule has 0 aliphatic carbocycles. The van der Waals surface area contributed by atoms with Crippen LogP contribution >= 0.6 is 0 Å². The van der Waals surface area contributed by atoms with Crippen LogP contribution in [0, 0.1) is 5.92 Å². The van der Waals surface area contributed by atoms with Crippen molar-refractivity contribution in [3.63, 3.8) is 0 Å². The summed E-state index contributed by atoms with van der Waals surface area (Å²) in [6.07, 6.45) is 0. The Bertz CT molecular complexity index is 384. The molecule has 1 aliphatic rings. The summed E-state index contributed by atoms with van der Waals surface area (Å²) in [7, 11) is 0. The lowest BCUT2D eigenvalue weighted by molar-refractivity contribution is 0.315. The van der Waals surface area contributed by atoms with E-state index in [0.29, 0.717) is 17.6 Å². The van der Waals surface area contributed by atoms with Gasteiger partial charge in [0, 0.05) is 11.2 Å². The van der Waals surface area contributed by atoms with Crippen LogP contribution in [0.4, 0.5) is 5.69 Å². The molecule has 2 rings (SSSR count). The predicted molar refractivity (Wildman–Crippen MR) is 63.4 cm³/mol. The minimum Gasteiger partial charge on any atom is -0.508 e. The summed E-state index contributed by atoms with van der Waals surface area (Å²) in [6.45, 7) is 8.93. The number of hydrogen-bond donors (Lipinski definition) is 2. The molecule has 2 nitrogen and oxygen atoms in total. The van der Waals surface area contributed by atoms with E-state index in [4.69, 9.17) is 0 Å². The van der Waals surface area contributed by atoms with Crippen molar-refractivity contribution in [1.29, 1.82) is 0 Å². The first-order chi connectivity index (χ1) is 6.92. The number of phenolic OH excluding ortho intramolecular Hbond substituents is 1. The summed E-state index contributed by atoms with van der Waals surface area (Å²) in [5.41, 5.74) is 2.49. The molecule has 1 aromatic rings. The van der Waals surface area contributed by atoms with Crippen LogP contribution in [-0.2, 0) is 0 Å². The first kappa shape index (κ1) is 10.3. The Kier molecular flexibility index (Phi) is 2.18. The standard InChI is InChI=1S/C13H19NO/c1-8-9(2)13(3,4)14-12-6-5-10(15)7-11(8)12/h5-9,14-15H,1-4H3. The number of nitrogens with one attached hydrogen (secondary N) is 1. The van der Waals surface area contributed by atoms with E-state index in [9.17, 15) is 5.11 Å². The van der Waals surface area contributed by atoms with Gasteiger partial charge in [-0.05, 0) is 49.4 Å². The Morgan fingerprint density at radius 1 is 1.27 bits per heavy atom. The van der Waals surface area contributed by atoms with E-state index in [1.165, 1.54) is 5.56 Å². The normalized spacial score (nSPS) is 28.0. The van der Waals surface area contributed by atoms with Gasteiger partial charge in [0.2, 0.25) is 0 Å². The Balaban J connectivity index is 2.50. The highest BCUT2D eigenvalue weighted by Gasteiger charge is 2.36. The molecule has 0 aromatic heterocycles. The fourth-order valence-corrected chi connectivity index (χ4v) is 2.40. The minimum absolute atomic E-state index is 0.114. The van der Waals surface area contributed by atoms with Crippen molar-refractivity contribution in [2.45, 2.75) is 39.2 Å². The van der Waals surface area contributed by atoms with Crippen molar-refractivity contribution in [3.8, 4) is 5.75 Å². The second kappa shape index (κ2) is 3.16. The van der Waals surface area contributed by atoms with Crippen LogP contribution in [0.25, 0.3) is 0 Å². The Morgan fingerprint density at radius 3 is 2.60 bits per heavy atom. The molecule has 0 fully saturated rings. The maximum Gasteiger partial charge on any atom is 0.116 e. The Labute approximate surface area is 91.3 Å². The van der Waals surface area contributed by atoms with Crippen molar-refractivity contribution in [2.24, 2.45) is 5.92 Å². The van der Waals surface area contributed by atoms with Crippen LogP contribution in [-0.4, -0.2) is 10.6 Å². The smallest absolute Gasteiger partial charge is 0.116 e. The second-order valence-corrected chi connectivity index (χ2v) is 5.20. The zero-order valence-corrected chi connectivity index (χ0v) is 9.83. The molecular weight excluding hydrogens is 186 g/mol. The summed E-state index contributed by atoms with van der Waals surface area (Å²) < 4.78 is 0. The molecule has 1 aromatic carbocycles. The largest absolute Gasteiger partial charge is 0.508 e. The topological polar surface area (TPSA) is 32.3 Å². The van der Waals surface area contributed by atoms with Gasteiger partial charge < -0.3 is 10.4 Å². The fraction of sp³-hybridized carbons (Fsp3) is 0.538. The number of rotatable bonds is 0. The quantitative estimate of drug-likeness (QED) is 0.637. The van der Waals surface area contributed by atoms with Crippen molar-refractivity contribution in [1.82, 2.24) is 0 Å². The van der Waals surface area contributed by atoms with Gasteiger partial charge in [0.05, 0.1) is 0 Å². The first-order valence-corrected chi connectivity index (χ1v) is 5.53. The van der Waals surface area contributed by atoms with Crippen molar-refractivity contribution < 1.29 is 5.11 Å². The lowest BCUT2D eigenvalue weighted by atomic mass is 9.73. The van der Waals surface area contributed by atoms with Gasteiger partial charge in [0.15, 0.2) is 0 Å². The number of aromatic hydroxyl groups is 1. The fourth-order valence-electron chi connectivity index (χ4n) is 2.40. The lowest BCUT2D eigenvalue weighted by Crippen LogP contribution is -2.44. The van der Waals surface area contributed by atoms with E-state index in [0.717, 1.165) is 5.69 Å². The predicted octanol–water partition coefficient (Wildman–Crippen LogP) is 3.34. The Morgan fingerprint density at radius 2 is 1.93 bits per heavy atom. The van der Waals surface area contributed by atoms with Crippen LogP contribution < -0.4 is 5.32 Å². The molecule has 0 saturated carbocycles. The van der Waals surface area contributed by atoms with Gasteiger partial charge in [-0.25, -0.2) is 0 Å². The van der Waals surface area contributed by atoms with Crippen LogP contribution in [0.15, 0.2) is 18.2 Å². The third kappa shape index (κ3) is 1.58. The number of phenols is 1. The average Bonchev–Trinajstić information content (AvgIpc) is 2.16. The van der Waals surface area contributed by atoms with Gasteiger partial charge in [-0.3, -0.25) is 0 Å². The van der Waals surface area contributed by atoms with Gasteiger partial charge in [0.1, 0.15) is 5.75 Å². The monoisotopic (exact) mass is 205 g/mol. The van der Waals surface area contributed by atoms with Gasteiger partial charge in [-0.2, -0.15) is 0 Å². The van der Waals surface area contributed by atoms with Gasteiger partial charge in [-0.15, -0.1) is 0 Å². The molecule has 82 valence electrons. The summed E-state index contributed by atoms with van der Waals surface area (Å²) >= 11 is 0. The van der Waals surface area contributed by atoms with Gasteiger partial charge in [-0.1, -0.05) is 13.8 Å². The van der Waals surface area contributed by atoms with E-state index < -0.39 is 0 Å². The third-order valence-electron chi connectivity index (χ3n) is 3.87. The third-order valence-corrected chi connectivity index (χ3v) is 3.87. The number of benzene rings is 1. The molecule has 1 aliphatic heterocycles. The lowest BCUT2D eigenvalue weighted by Gasteiger charge is -2.43. The zero-order valence-electron chi connectivity index (χ0n) is 9.83. The van der Waals surface area contributed by atoms with E-state index in [1.54, 1.807) is 6.07 Å². The van der Waals surface area contributed by atoms with Gasteiger partial charge >= 0.3 is 0 Å². The highest BCUT2D eigenvalue weighted by atomic mass is 16.3. The molecule has 0 radical (unpaired) electrons. The molecule has 2 heteroatoms. The molecule has 2 N–H and O–H groups in total. The molecule has 0 amide bonds. The van der Waals surface area contributed by atoms with E-state index in [1.807, 2.05) is 12.1 Å². The summed E-state index contributed by atoms with van der Waals surface area (Å²) in [5, 5.41) is 13.0. The molecule has 0 saturated heterocycles. The van der Waals surface area contributed by atoms with Crippen molar-refractivity contribution >= 4 is 5.69 Å². The van der Waals surface area contributed by atoms with Crippen molar-refractivity contribution in [3.05, 3.63) is 23.8 Å². The van der Waals surface area contributed by atoms with Crippen LogP contribution in [0.3, 0.4) is 0 Å². The van der Waals surface area contributed by atoms with Crippen LogP contribution in [0.1, 0.15) is 39.2 Å². The summed E-state index contributed by atoms with van der Waals surface area (Å²) in [4.78, 5) is 0. The molecule has 2 atom stereocenters. The highest BCUT2D eigenvalue weighted by molar-refractivity contribution is 5.59. The maximum absolute atomic E-state index is 9.49. The Hall–Kier alpha value is -1.18. The van der Waals surface area contributed by atoms with E-state index in [2.05, 4.69) is 33.0 Å². The molecular formula is C13H19NO. The van der Waals surface area contributed by atoms with Gasteiger partial charge in [0.25, 0.3) is 0 Å². The summed E-state index contributed by atoms with van der Waals surface area (Å²) in [5.74, 6) is 1.38. The molecule has 2 unspecified atom stereocenters. The molecule has 0 bridgehead atoms. The zero-order chi connectivity index (χ0) is 11.2. The van der Waals surface area contributed by atoms with Crippen molar-refractivity contribution in [2.75, 3.05) is 5.32 Å². The van der Waals surface area contributed by atoms with Crippen LogP contribution in [0.5, 0.6) is 5.75 Å². The SMILES string of the molecule is CC1c2cc(O)ccc2NC(C)(C)C1C. The van der Waals surface area contributed by atoms with E-state index in [-0.39, 0.29) is 5.54 Å². The molecule has 0 spiro atoms. The maximum atomic E-state index is 9.49. The number of anilines is 1. The molecule has 1 heterocycles. The first-order valence-electron chi connectivity index (χ1n) is 5.53. The van der Waals surface area contributed by atoms with E-state index >= 15 is 0 Å². The highest BCUT2D eigenvalue weighted by Crippen LogP contribution is 2.43. The minimum atomic E-state index is 0.114. The summed E-state index contributed by atoms with van der Waals surface area (Å²) in [6, 6.07) is 5.58. The average molecular weight is 205 g/mol. The number of fused-ring (bicyclic) bond motifs is 1. The molecule has 15 heavy (non-hydrogen) atoms. The van der Waals surface area contributed by atoms with Crippen LogP contribution in [0.2, 0.25) is 0 Å².